The van der Waals surface area contributed by atoms with Crippen LogP contribution in [-0.2, 0) is 0 Å². The first-order valence-corrected chi connectivity index (χ1v) is 5.37. The molecular formula is C13H18N2. The van der Waals surface area contributed by atoms with Crippen LogP contribution in [0, 0.1) is 18.3 Å². The number of hydrogen-bond acceptors (Lipinski definition) is 2. The number of hydrogen-bond donors (Lipinski definition) is 0. The van der Waals surface area contributed by atoms with Crippen LogP contribution in [0.1, 0.15) is 31.9 Å². The molecule has 0 fully saturated rings. The molecule has 0 saturated heterocycles. The van der Waals surface area contributed by atoms with E-state index in [1.54, 1.807) is 0 Å². The SMILES string of the molecule is CCN(c1ccc(C)cc1C#N)C(C)C. The van der Waals surface area contributed by atoms with Crippen LogP contribution in [0.15, 0.2) is 18.2 Å². The maximum Gasteiger partial charge on any atom is 0.101 e. The highest BCUT2D eigenvalue weighted by molar-refractivity contribution is 5.60. The van der Waals surface area contributed by atoms with Crippen molar-refractivity contribution in [3.05, 3.63) is 29.3 Å². The van der Waals surface area contributed by atoms with Crippen LogP contribution in [0.4, 0.5) is 5.69 Å². The van der Waals surface area contributed by atoms with Crippen molar-refractivity contribution in [2.75, 3.05) is 11.4 Å². The summed E-state index contributed by atoms with van der Waals surface area (Å²) in [6.45, 7) is 9.34. The van der Waals surface area contributed by atoms with Crippen molar-refractivity contribution in [1.29, 1.82) is 5.26 Å². The number of benzene rings is 1. The fraction of sp³-hybridized carbons (Fsp3) is 0.462. The van der Waals surface area contributed by atoms with Crippen molar-refractivity contribution in [1.82, 2.24) is 0 Å². The molecule has 0 spiro atoms. The molecule has 0 aliphatic heterocycles. The van der Waals surface area contributed by atoms with Gasteiger partial charge in [-0.2, -0.15) is 5.26 Å². The summed E-state index contributed by atoms with van der Waals surface area (Å²) in [6.07, 6.45) is 0. The van der Waals surface area contributed by atoms with E-state index in [2.05, 4.69) is 37.8 Å². The van der Waals surface area contributed by atoms with Gasteiger partial charge in [0, 0.05) is 12.6 Å². The van der Waals surface area contributed by atoms with Crippen LogP contribution in [0.5, 0.6) is 0 Å². The van der Waals surface area contributed by atoms with Gasteiger partial charge in [0.1, 0.15) is 6.07 Å². The van der Waals surface area contributed by atoms with E-state index >= 15 is 0 Å². The number of anilines is 1. The molecule has 0 aromatic heterocycles. The van der Waals surface area contributed by atoms with Gasteiger partial charge in [0.05, 0.1) is 11.3 Å². The highest BCUT2D eigenvalue weighted by atomic mass is 15.1. The quantitative estimate of drug-likeness (QED) is 0.753. The third-order valence-electron chi connectivity index (χ3n) is 2.55. The van der Waals surface area contributed by atoms with Gasteiger partial charge in [0.2, 0.25) is 0 Å². The molecule has 0 radical (unpaired) electrons. The van der Waals surface area contributed by atoms with Crippen LogP contribution in [0.2, 0.25) is 0 Å². The fourth-order valence-electron chi connectivity index (χ4n) is 1.80. The highest BCUT2D eigenvalue weighted by Crippen LogP contribution is 2.22. The number of nitriles is 1. The van der Waals surface area contributed by atoms with Gasteiger partial charge >= 0.3 is 0 Å². The average molecular weight is 202 g/mol. The summed E-state index contributed by atoms with van der Waals surface area (Å²) in [7, 11) is 0. The maximum atomic E-state index is 9.09. The molecule has 0 N–H and O–H groups in total. The van der Waals surface area contributed by atoms with Gasteiger partial charge in [-0.05, 0) is 45.4 Å². The van der Waals surface area contributed by atoms with E-state index in [-0.39, 0.29) is 0 Å². The lowest BCUT2D eigenvalue weighted by Crippen LogP contribution is -2.30. The van der Waals surface area contributed by atoms with Gasteiger partial charge in [-0.1, -0.05) is 6.07 Å². The zero-order chi connectivity index (χ0) is 11.4. The number of nitrogens with zero attached hydrogens (tertiary/aromatic N) is 2. The molecule has 0 atom stereocenters. The Morgan fingerprint density at radius 1 is 1.40 bits per heavy atom. The predicted molar refractivity (Wildman–Crippen MR) is 64.1 cm³/mol. The Hall–Kier alpha value is -1.49. The summed E-state index contributed by atoms with van der Waals surface area (Å²) in [5, 5.41) is 9.09. The number of aryl methyl sites for hydroxylation is 1. The third-order valence-corrected chi connectivity index (χ3v) is 2.55. The Morgan fingerprint density at radius 3 is 2.53 bits per heavy atom. The van der Waals surface area contributed by atoms with Gasteiger partial charge in [0.25, 0.3) is 0 Å². The molecule has 1 aromatic rings. The minimum absolute atomic E-state index is 0.421. The summed E-state index contributed by atoms with van der Waals surface area (Å²) in [4.78, 5) is 2.23. The molecule has 0 unspecified atom stereocenters. The molecule has 0 saturated carbocycles. The van der Waals surface area contributed by atoms with E-state index in [9.17, 15) is 0 Å². The molecule has 1 rings (SSSR count). The summed E-state index contributed by atoms with van der Waals surface area (Å²) >= 11 is 0. The Balaban J connectivity index is 3.18. The minimum Gasteiger partial charge on any atom is -0.368 e. The molecule has 2 nitrogen and oxygen atoms in total. The second kappa shape index (κ2) is 4.84. The zero-order valence-electron chi connectivity index (χ0n) is 9.91. The second-order valence-electron chi connectivity index (χ2n) is 4.01. The normalized spacial score (nSPS) is 10.1. The molecule has 0 heterocycles. The first-order chi connectivity index (χ1) is 7.10. The van der Waals surface area contributed by atoms with E-state index < -0.39 is 0 Å². The van der Waals surface area contributed by atoms with E-state index in [0.717, 1.165) is 23.4 Å². The number of rotatable bonds is 3. The molecule has 0 aliphatic carbocycles. The van der Waals surface area contributed by atoms with Gasteiger partial charge in [0.15, 0.2) is 0 Å². The monoisotopic (exact) mass is 202 g/mol. The lowest BCUT2D eigenvalue weighted by atomic mass is 10.1. The molecule has 15 heavy (non-hydrogen) atoms. The van der Waals surface area contributed by atoms with Crippen LogP contribution in [0.25, 0.3) is 0 Å². The fourth-order valence-corrected chi connectivity index (χ4v) is 1.80. The maximum absolute atomic E-state index is 9.09. The molecule has 1 aromatic carbocycles. The van der Waals surface area contributed by atoms with Gasteiger partial charge in [-0.15, -0.1) is 0 Å². The van der Waals surface area contributed by atoms with Crippen LogP contribution >= 0.6 is 0 Å². The molecule has 0 aliphatic rings. The van der Waals surface area contributed by atoms with E-state index in [0.29, 0.717) is 6.04 Å². The lowest BCUT2D eigenvalue weighted by Gasteiger charge is -2.28. The van der Waals surface area contributed by atoms with Gasteiger partial charge in [-0.3, -0.25) is 0 Å². The van der Waals surface area contributed by atoms with E-state index in [1.807, 2.05) is 19.1 Å². The largest absolute Gasteiger partial charge is 0.368 e. The lowest BCUT2D eigenvalue weighted by molar-refractivity contribution is 0.703. The van der Waals surface area contributed by atoms with Crippen molar-refractivity contribution in [2.24, 2.45) is 0 Å². The van der Waals surface area contributed by atoms with Crippen molar-refractivity contribution in [3.8, 4) is 6.07 Å². The second-order valence-corrected chi connectivity index (χ2v) is 4.01. The topological polar surface area (TPSA) is 27.0 Å². The van der Waals surface area contributed by atoms with Crippen molar-refractivity contribution in [3.63, 3.8) is 0 Å². The van der Waals surface area contributed by atoms with Crippen LogP contribution in [-0.4, -0.2) is 12.6 Å². The van der Waals surface area contributed by atoms with Crippen molar-refractivity contribution in [2.45, 2.75) is 33.7 Å². The Morgan fingerprint density at radius 2 is 2.07 bits per heavy atom. The summed E-state index contributed by atoms with van der Waals surface area (Å²) in [5.74, 6) is 0. The smallest absolute Gasteiger partial charge is 0.101 e. The first-order valence-electron chi connectivity index (χ1n) is 5.37. The highest BCUT2D eigenvalue weighted by Gasteiger charge is 2.12. The van der Waals surface area contributed by atoms with E-state index in [1.165, 1.54) is 0 Å². The summed E-state index contributed by atoms with van der Waals surface area (Å²) < 4.78 is 0. The molecule has 0 bridgehead atoms. The Labute approximate surface area is 92.1 Å². The Kier molecular flexibility index (Phi) is 3.74. The summed E-state index contributed by atoms with van der Waals surface area (Å²) in [6, 6.07) is 8.73. The predicted octanol–water partition coefficient (Wildman–Crippen LogP) is 3.10. The molecule has 80 valence electrons. The molecular weight excluding hydrogens is 184 g/mol. The standard InChI is InChI=1S/C13H18N2/c1-5-15(10(2)3)13-7-6-11(4)8-12(13)9-14/h6-8,10H,5H2,1-4H3. The molecule has 2 heteroatoms. The Bertz CT molecular complexity index is 375. The van der Waals surface area contributed by atoms with Crippen LogP contribution in [0.3, 0.4) is 0 Å². The first kappa shape index (κ1) is 11.6. The van der Waals surface area contributed by atoms with E-state index in [4.69, 9.17) is 5.26 Å². The third kappa shape index (κ3) is 2.50. The zero-order valence-corrected chi connectivity index (χ0v) is 9.91. The van der Waals surface area contributed by atoms with Gasteiger partial charge < -0.3 is 4.90 Å². The van der Waals surface area contributed by atoms with Gasteiger partial charge in [-0.25, -0.2) is 0 Å². The van der Waals surface area contributed by atoms with Crippen molar-refractivity contribution < 1.29 is 0 Å². The average Bonchev–Trinajstić information content (AvgIpc) is 2.20. The minimum atomic E-state index is 0.421. The van der Waals surface area contributed by atoms with Crippen molar-refractivity contribution >= 4 is 5.69 Å². The molecule has 0 amide bonds. The van der Waals surface area contributed by atoms with Crippen LogP contribution < -0.4 is 4.90 Å². The summed E-state index contributed by atoms with van der Waals surface area (Å²) in [5.41, 5.74) is 2.95.